The summed E-state index contributed by atoms with van der Waals surface area (Å²) in [6, 6.07) is 4.41. The molecule has 2 N–H and O–H groups in total. The fourth-order valence-electron chi connectivity index (χ4n) is 1.67. The van der Waals surface area contributed by atoms with Crippen LogP contribution >= 0.6 is 15.9 Å². The average molecular weight is 320 g/mol. The zero-order chi connectivity index (χ0) is 13.5. The van der Waals surface area contributed by atoms with Gasteiger partial charge in [-0.15, -0.1) is 0 Å². The Morgan fingerprint density at radius 3 is 2.44 bits per heavy atom. The summed E-state index contributed by atoms with van der Waals surface area (Å²) in [6.07, 6.45) is -0.131. The lowest BCUT2D eigenvalue weighted by atomic mass is 10.1. The summed E-state index contributed by atoms with van der Waals surface area (Å²) in [5.74, 6) is -0.264. The molecule has 0 aliphatic carbocycles. The molecular formula is C13H19BrFNO2. The van der Waals surface area contributed by atoms with Crippen LogP contribution in [-0.2, 0) is 15.9 Å². The van der Waals surface area contributed by atoms with Gasteiger partial charge in [-0.05, 0) is 44.0 Å². The fraction of sp³-hybridized carbons (Fsp3) is 0.538. The van der Waals surface area contributed by atoms with Crippen molar-refractivity contribution in [2.24, 2.45) is 5.73 Å². The molecule has 0 aromatic heterocycles. The van der Waals surface area contributed by atoms with Gasteiger partial charge in [0.1, 0.15) is 5.82 Å². The molecule has 0 aliphatic heterocycles. The van der Waals surface area contributed by atoms with Crippen molar-refractivity contribution >= 4 is 15.9 Å². The number of benzene rings is 1. The maximum Gasteiger partial charge on any atom is 0.172 e. The summed E-state index contributed by atoms with van der Waals surface area (Å²) < 4.78 is 25.2. The van der Waals surface area contributed by atoms with E-state index >= 15 is 0 Å². The predicted octanol–water partition coefficient (Wildman–Crippen LogP) is 2.86. The third kappa shape index (κ3) is 4.65. The maximum absolute atomic E-state index is 13.6. The van der Waals surface area contributed by atoms with Gasteiger partial charge in [0.2, 0.25) is 0 Å². The van der Waals surface area contributed by atoms with E-state index in [1.54, 1.807) is 12.1 Å². The van der Waals surface area contributed by atoms with Crippen molar-refractivity contribution in [3.8, 4) is 0 Å². The van der Waals surface area contributed by atoms with Crippen molar-refractivity contribution in [3.63, 3.8) is 0 Å². The van der Waals surface area contributed by atoms with Gasteiger partial charge in [-0.2, -0.15) is 0 Å². The molecule has 0 spiro atoms. The normalized spacial score (nSPS) is 13.0. The van der Waals surface area contributed by atoms with Crippen molar-refractivity contribution in [1.82, 2.24) is 0 Å². The lowest BCUT2D eigenvalue weighted by Gasteiger charge is -2.23. The van der Waals surface area contributed by atoms with Crippen LogP contribution in [0.3, 0.4) is 0 Å². The summed E-state index contributed by atoms with van der Waals surface area (Å²) in [6.45, 7) is 4.77. The number of nitrogens with two attached hydrogens (primary N) is 1. The Kier molecular flexibility index (Phi) is 6.78. The average Bonchev–Trinajstić information content (AvgIpc) is 2.33. The molecule has 18 heavy (non-hydrogen) atoms. The van der Waals surface area contributed by atoms with Crippen LogP contribution in [0.25, 0.3) is 0 Å². The Morgan fingerprint density at radius 1 is 1.28 bits per heavy atom. The summed E-state index contributed by atoms with van der Waals surface area (Å²) >= 11 is 3.31. The van der Waals surface area contributed by atoms with E-state index in [4.69, 9.17) is 15.2 Å². The fourth-order valence-corrected chi connectivity index (χ4v) is 2.08. The van der Waals surface area contributed by atoms with Crippen molar-refractivity contribution in [3.05, 3.63) is 34.1 Å². The molecule has 5 heteroatoms. The first kappa shape index (κ1) is 15.6. The highest BCUT2D eigenvalue weighted by molar-refractivity contribution is 9.10. The summed E-state index contributed by atoms with van der Waals surface area (Å²) in [7, 11) is 0. The highest BCUT2D eigenvalue weighted by Crippen LogP contribution is 2.18. The van der Waals surface area contributed by atoms with Gasteiger partial charge in [-0.25, -0.2) is 4.39 Å². The summed E-state index contributed by atoms with van der Waals surface area (Å²) in [5, 5.41) is 0. The standard InChI is InChI=1S/C13H19BrFNO2/c1-3-17-13(18-4-2)12(16)8-9-7-10(14)5-6-11(9)15/h5-7,12-13H,3-4,8,16H2,1-2H3. The van der Waals surface area contributed by atoms with Gasteiger partial charge in [-0.3, -0.25) is 0 Å². The zero-order valence-electron chi connectivity index (χ0n) is 10.7. The van der Waals surface area contributed by atoms with Gasteiger partial charge in [0.05, 0.1) is 6.04 Å². The second-order valence-corrected chi connectivity index (χ2v) is 4.80. The maximum atomic E-state index is 13.6. The Morgan fingerprint density at radius 2 is 1.89 bits per heavy atom. The van der Waals surface area contributed by atoms with Crippen molar-refractivity contribution in [2.75, 3.05) is 13.2 Å². The van der Waals surface area contributed by atoms with Crippen LogP contribution in [0.1, 0.15) is 19.4 Å². The number of halogens is 2. The third-order valence-electron chi connectivity index (χ3n) is 2.47. The van der Waals surface area contributed by atoms with E-state index in [2.05, 4.69) is 15.9 Å². The van der Waals surface area contributed by atoms with Gasteiger partial charge in [0.15, 0.2) is 6.29 Å². The molecule has 0 fully saturated rings. The first-order valence-corrected chi connectivity index (χ1v) is 6.80. The van der Waals surface area contributed by atoms with E-state index in [1.807, 2.05) is 13.8 Å². The lowest BCUT2D eigenvalue weighted by molar-refractivity contribution is -0.148. The Hall–Kier alpha value is -0.490. The molecule has 1 atom stereocenters. The van der Waals surface area contributed by atoms with Crippen LogP contribution in [0.15, 0.2) is 22.7 Å². The molecule has 102 valence electrons. The topological polar surface area (TPSA) is 44.5 Å². The van der Waals surface area contributed by atoms with Gasteiger partial charge in [0, 0.05) is 17.7 Å². The first-order chi connectivity index (χ1) is 8.58. The largest absolute Gasteiger partial charge is 0.351 e. The molecule has 0 heterocycles. The number of hydrogen-bond acceptors (Lipinski definition) is 3. The smallest absolute Gasteiger partial charge is 0.172 e. The van der Waals surface area contributed by atoms with E-state index in [0.717, 1.165) is 4.47 Å². The summed E-state index contributed by atoms with van der Waals surface area (Å²) in [4.78, 5) is 0. The molecule has 1 aromatic rings. The minimum atomic E-state index is -0.501. The van der Waals surface area contributed by atoms with Crippen LogP contribution in [0, 0.1) is 5.82 Å². The third-order valence-corrected chi connectivity index (χ3v) is 2.97. The first-order valence-electron chi connectivity index (χ1n) is 6.01. The highest BCUT2D eigenvalue weighted by atomic mass is 79.9. The molecule has 0 radical (unpaired) electrons. The summed E-state index contributed by atoms with van der Waals surface area (Å²) in [5.41, 5.74) is 6.57. The molecular weight excluding hydrogens is 301 g/mol. The van der Waals surface area contributed by atoms with Crippen LogP contribution in [0.2, 0.25) is 0 Å². The van der Waals surface area contributed by atoms with E-state index in [9.17, 15) is 4.39 Å². The minimum Gasteiger partial charge on any atom is -0.351 e. The predicted molar refractivity (Wildman–Crippen MR) is 72.8 cm³/mol. The molecule has 1 aromatic carbocycles. The molecule has 0 amide bonds. The second-order valence-electron chi connectivity index (χ2n) is 3.88. The van der Waals surface area contributed by atoms with Gasteiger partial charge >= 0.3 is 0 Å². The molecule has 3 nitrogen and oxygen atoms in total. The van der Waals surface area contributed by atoms with Crippen molar-refractivity contribution < 1.29 is 13.9 Å². The molecule has 1 unspecified atom stereocenters. The number of ether oxygens (including phenoxy) is 2. The number of hydrogen-bond donors (Lipinski definition) is 1. The van der Waals surface area contributed by atoms with Crippen LogP contribution in [0.4, 0.5) is 4.39 Å². The quantitative estimate of drug-likeness (QED) is 0.786. The molecule has 1 rings (SSSR count). The van der Waals surface area contributed by atoms with E-state index in [1.165, 1.54) is 6.07 Å². The second kappa shape index (κ2) is 7.84. The molecule has 0 saturated carbocycles. The molecule has 0 saturated heterocycles. The SMILES string of the molecule is CCOC(OCC)C(N)Cc1cc(Br)ccc1F. The van der Waals surface area contributed by atoms with Crippen LogP contribution < -0.4 is 5.73 Å². The monoisotopic (exact) mass is 319 g/mol. The van der Waals surface area contributed by atoms with Crippen molar-refractivity contribution in [2.45, 2.75) is 32.6 Å². The zero-order valence-corrected chi connectivity index (χ0v) is 12.2. The Labute approximate surface area is 116 Å². The van der Waals surface area contributed by atoms with E-state index in [0.29, 0.717) is 25.2 Å². The minimum absolute atomic E-state index is 0.264. The number of rotatable bonds is 7. The molecule has 0 bridgehead atoms. The Balaban J connectivity index is 2.71. The molecule has 0 aliphatic rings. The van der Waals surface area contributed by atoms with Crippen molar-refractivity contribution in [1.29, 1.82) is 0 Å². The van der Waals surface area contributed by atoms with Gasteiger partial charge < -0.3 is 15.2 Å². The highest BCUT2D eigenvalue weighted by Gasteiger charge is 2.20. The Bertz CT molecular complexity index is 370. The van der Waals surface area contributed by atoms with Crippen LogP contribution in [0.5, 0.6) is 0 Å². The lowest BCUT2D eigenvalue weighted by Crippen LogP contribution is -2.40. The van der Waals surface area contributed by atoms with Gasteiger partial charge in [-0.1, -0.05) is 15.9 Å². The van der Waals surface area contributed by atoms with Crippen LogP contribution in [-0.4, -0.2) is 25.5 Å². The van der Waals surface area contributed by atoms with E-state index in [-0.39, 0.29) is 5.82 Å². The van der Waals surface area contributed by atoms with Gasteiger partial charge in [0.25, 0.3) is 0 Å². The van der Waals surface area contributed by atoms with E-state index < -0.39 is 12.3 Å².